The largest absolute Gasteiger partial charge is 0.288 e. The molecule has 4 nitrogen and oxygen atoms in total. The van der Waals surface area contributed by atoms with Crippen LogP contribution in [0.4, 0.5) is 0 Å². The van der Waals surface area contributed by atoms with Crippen LogP contribution in [0.5, 0.6) is 0 Å². The van der Waals surface area contributed by atoms with Gasteiger partial charge in [0.2, 0.25) is 0 Å². The molecule has 0 aliphatic heterocycles. The van der Waals surface area contributed by atoms with Crippen molar-refractivity contribution in [2.24, 2.45) is 7.05 Å². The lowest BCUT2D eigenvalue weighted by molar-refractivity contribution is 0.103. The Morgan fingerprint density at radius 1 is 1.16 bits per heavy atom. The van der Waals surface area contributed by atoms with E-state index in [-0.39, 0.29) is 5.78 Å². The third-order valence-corrected chi connectivity index (χ3v) is 3.17. The molecule has 0 bridgehead atoms. The van der Waals surface area contributed by atoms with Crippen molar-refractivity contribution < 1.29 is 4.79 Å². The zero-order chi connectivity index (χ0) is 13.4. The van der Waals surface area contributed by atoms with Gasteiger partial charge in [-0.25, -0.2) is 0 Å². The van der Waals surface area contributed by atoms with E-state index in [9.17, 15) is 4.79 Å². The average Bonchev–Trinajstić information content (AvgIpc) is 2.76. The molecule has 0 aliphatic rings. The van der Waals surface area contributed by atoms with E-state index in [1.54, 1.807) is 23.3 Å². The summed E-state index contributed by atoms with van der Waals surface area (Å²) in [6.07, 6.45) is 5.14. The van der Waals surface area contributed by atoms with E-state index in [0.717, 1.165) is 16.5 Å². The maximum atomic E-state index is 12.6. The van der Waals surface area contributed by atoms with Crippen molar-refractivity contribution in [1.29, 1.82) is 0 Å². The van der Waals surface area contributed by atoms with Gasteiger partial charge in [0.1, 0.15) is 0 Å². The Hall–Kier alpha value is -2.49. The molecule has 0 unspecified atom stereocenters. The molecule has 19 heavy (non-hydrogen) atoms. The summed E-state index contributed by atoms with van der Waals surface area (Å²) in [5, 5.41) is 6.10. The van der Waals surface area contributed by atoms with E-state index >= 15 is 0 Å². The maximum Gasteiger partial charge on any atom is 0.198 e. The summed E-state index contributed by atoms with van der Waals surface area (Å²) >= 11 is 0. The summed E-state index contributed by atoms with van der Waals surface area (Å²) in [4.78, 5) is 16.7. The molecule has 0 radical (unpaired) electrons. The fraction of sp³-hybridized carbons (Fsp3) is 0.133. The molecule has 0 spiro atoms. The predicted molar refractivity (Wildman–Crippen MR) is 73.1 cm³/mol. The summed E-state index contributed by atoms with van der Waals surface area (Å²) in [5.41, 5.74) is 1.98. The number of hydrogen-bond donors (Lipinski definition) is 0. The van der Waals surface area contributed by atoms with Crippen LogP contribution >= 0.6 is 0 Å². The minimum absolute atomic E-state index is 0.0325. The van der Waals surface area contributed by atoms with Crippen molar-refractivity contribution in [3.05, 3.63) is 59.7 Å². The Morgan fingerprint density at radius 2 is 1.95 bits per heavy atom. The first-order chi connectivity index (χ1) is 9.16. The van der Waals surface area contributed by atoms with Gasteiger partial charge in [0.05, 0.1) is 11.3 Å². The number of rotatable bonds is 2. The highest BCUT2D eigenvalue weighted by Crippen LogP contribution is 2.21. The number of aromatic nitrogens is 3. The van der Waals surface area contributed by atoms with E-state index in [4.69, 9.17) is 0 Å². The smallest absolute Gasteiger partial charge is 0.198 e. The van der Waals surface area contributed by atoms with Crippen LogP contribution in [0.3, 0.4) is 0 Å². The highest BCUT2D eigenvalue weighted by Gasteiger charge is 2.17. The molecule has 4 heteroatoms. The number of aryl methyl sites for hydroxylation is 2. The number of fused-ring (bicyclic) bond motifs is 1. The first-order valence-corrected chi connectivity index (χ1v) is 6.04. The minimum atomic E-state index is -0.0325. The molecule has 1 aromatic carbocycles. The zero-order valence-corrected chi connectivity index (χ0v) is 10.8. The van der Waals surface area contributed by atoms with Gasteiger partial charge >= 0.3 is 0 Å². The Bertz CT molecular complexity index is 769. The summed E-state index contributed by atoms with van der Waals surface area (Å²) in [5.74, 6) is -0.0325. The molecule has 0 atom stereocenters. The number of ketones is 1. The van der Waals surface area contributed by atoms with Crippen LogP contribution in [-0.4, -0.2) is 20.5 Å². The molecular formula is C15H13N3O. The van der Waals surface area contributed by atoms with E-state index in [0.29, 0.717) is 11.1 Å². The van der Waals surface area contributed by atoms with Crippen molar-refractivity contribution in [2.45, 2.75) is 6.92 Å². The van der Waals surface area contributed by atoms with Crippen LogP contribution in [-0.2, 0) is 7.05 Å². The lowest BCUT2D eigenvalue weighted by atomic mass is 10.0. The van der Waals surface area contributed by atoms with Gasteiger partial charge in [-0.3, -0.25) is 14.5 Å². The number of carbonyl (C=O) groups excluding carboxylic acids is 1. The number of hydrogen-bond acceptors (Lipinski definition) is 3. The molecule has 0 N–H and O–H groups in total. The molecule has 0 saturated heterocycles. The Kier molecular flexibility index (Phi) is 2.63. The predicted octanol–water partition coefficient (Wildman–Crippen LogP) is 2.51. The highest BCUT2D eigenvalue weighted by molar-refractivity contribution is 6.16. The number of benzene rings is 1. The molecule has 0 aliphatic carbocycles. The monoisotopic (exact) mass is 251 g/mol. The Labute approximate surface area is 110 Å². The van der Waals surface area contributed by atoms with Crippen LogP contribution in [0.25, 0.3) is 10.8 Å². The van der Waals surface area contributed by atoms with Crippen molar-refractivity contribution in [3.8, 4) is 0 Å². The van der Waals surface area contributed by atoms with Crippen molar-refractivity contribution >= 4 is 16.6 Å². The second kappa shape index (κ2) is 4.31. The van der Waals surface area contributed by atoms with Gasteiger partial charge in [0, 0.05) is 36.6 Å². The van der Waals surface area contributed by atoms with E-state index in [1.165, 1.54) is 0 Å². The van der Waals surface area contributed by atoms with Gasteiger partial charge in [-0.1, -0.05) is 24.3 Å². The summed E-state index contributed by atoms with van der Waals surface area (Å²) in [6, 6.07) is 7.76. The molecule has 94 valence electrons. The molecule has 0 fully saturated rings. The summed E-state index contributed by atoms with van der Waals surface area (Å²) in [6.45, 7) is 1.84. The topological polar surface area (TPSA) is 47.8 Å². The fourth-order valence-corrected chi connectivity index (χ4v) is 2.27. The maximum absolute atomic E-state index is 12.6. The summed E-state index contributed by atoms with van der Waals surface area (Å²) < 4.78 is 1.65. The van der Waals surface area contributed by atoms with Gasteiger partial charge in [-0.05, 0) is 12.3 Å². The summed E-state index contributed by atoms with van der Waals surface area (Å²) in [7, 11) is 1.81. The van der Waals surface area contributed by atoms with Gasteiger partial charge in [0.25, 0.3) is 0 Å². The SMILES string of the molecule is Cc1nn(C)cc1C(=O)c1cncc2ccccc12. The zero-order valence-electron chi connectivity index (χ0n) is 10.8. The molecule has 0 amide bonds. The Balaban J connectivity index is 2.19. The minimum Gasteiger partial charge on any atom is -0.288 e. The molecule has 2 heterocycles. The number of carbonyl (C=O) groups is 1. The van der Waals surface area contributed by atoms with Crippen LogP contribution in [0.15, 0.2) is 42.9 Å². The van der Waals surface area contributed by atoms with Crippen molar-refractivity contribution in [2.75, 3.05) is 0 Å². The number of pyridine rings is 1. The fourth-order valence-electron chi connectivity index (χ4n) is 2.27. The normalized spacial score (nSPS) is 10.8. The standard InChI is InChI=1S/C15H13N3O/c1-10-14(9-18(2)17-10)15(19)13-8-16-7-11-5-3-4-6-12(11)13/h3-9H,1-2H3. The van der Waals surface area contributed by atoms with Gasteiger partial charge in [-0.15, -0.1) is 0 Å². The molecule has 0 saturated carbocycles. The van der Waals surface area contributed by atoms with Gasteiger partial charge in [0.15, 0.2) is 5.78 Å². The van der Waals surface area contributed by atoms with Crippen molar-refractivity contribution in [1.82, 2.24) is 14.8 Å². The quantitative estimate of drug-likeness (QED) is 0.657. The lowest BCUT2D eigenvalue weighted by Crippen LogP contribution is -2.03. The second-order valence-corrected chi connectivity index (χ2v) is 4.54. The van der Waals surface area contributed by atoms with Gasteiger partial charge < -0.3 is 0 Å². The first kappa shape index (κ1) is 11.6. The average molecular weight is 251 g/mol. The lowest BCUT2D eigenvalue weighted by Gasteiger charge is -2.04. The first-order valence-electron chi connectivity index (χ1n) is 6.04. The van der Waals surface area contributed by atoms with E-state index < -0.39 is 0 Å². The molecule has 3 aromatic rings. The van der Waals surface area contributed by atoms with E-state index in [2.05, 4.69) is 10.1 Å². The third kappa shape index (κ3) is 1.91. The van der Waals surface area contributed by atoms with Crippen LogP contribution in [0.2, 0.25) is 0 Å². The second-order valence-electron chi connectivity index (χ2n) is 4.54. The van der Waals surface area contributed by atoms with E-state index in [1.807, 2.05) is 38.2 Å². The molecule has 3 rings (SSSR count). The van der Waals surface area contributed by atoms with Gasteiger partial charge in [-0.2, -0.15) is 5.10 Å². The molecular weight excluding hydrogens is 238 g/mol. The third-order valence-electron chi connectivity index (χ3n) is 3.17. The van der Waals surface area contributed by atoms with Crippen LogP contribution in [0, 0.1) is 6.92 Å². The molecule has 2 aromatic heterocycles. The van der Waals surface area contributed by atoms with Crippen molar-refractivity contribution in [3.63, 3.8) is 0 Å². The van der Waals surface area contributed by atoms with Crippen LogP contribution in [0.1, 0.15) is 21.6 Å². The van der Waals surface area contributed by atoms with Crippen LogP contribution < -0.4 is 0 Å². The highest BCUT2D eigenvalue weighted by atomic mass is 16.1. The Morgan fingerprint density at radius 3 is 2.68 bits per heavy atom. The number of nitrogens with zero attached hydrogens (tertiary/aromatic N) is 3.